The monoisotopic (exact) mass is 472 g/mol. The Morgan fingerprint density at radius 2 is 1.68 bits per heavy atom. The molecule has 3 fully saturated rings. The van der Waals surface area contributed by atoms with Gasteiger partial charge in [0.15, 0.2) is 11.6 Å². The van der Waals surface area contributed by atoms with Crippen molar-refractivity contribution in [3.05, 3.63) is 11.1 Å². The first-order chi connectivity index (χ1) is 15.6. The highest BCUT2D eigenvalue weighted by molar-refractivity contribution is 5.97. The second-order valence-corrected chi connectivity index (χ2v) is 13.8. The van der Waals surface area contributed by atoms with Crippen molar-refractivity contribution in [1.82, 2.24) is 0 Å². The molecule has 1 saturated heterocycles. The Morgan fingerprint density at radius 3 is 2.35 bits per heavy atom. The molecule has 0 spiro atoms. The van der Waals surface area contributed by atoms with Crippen molar-refractivity contribution in [2.45, 2.75) is 131 Å². The van der Waals surface area contributed by atoms with E-state index in [4.69, 9.17) is 4.74 Å². The van der Waals surface area contributed by atoms with Crippen LogP contribution in [0.5, 0.6) is 0 Å². The van der Waals surface area contributed by atoms with Crippen molar-refractivity contribution in [2.75, 3.05) is 0 Å². The first-order valence-corrected chi connectivity index (χ1v) is 13.8. The molecule has 2 saturated carbocycles. The predicted octanol–water partition coefficient (Wildman–Crippen LogP) is 6.44. The second-order valence-electron chi connectivity index (χ2n) is 13.8. The Hall–Kier alpha value is -1.00. The summed E-state index contributed by atoms with van der Waals surface area (Å²) in [5, 5.41) is 10.8. The van der Waals surface area contributed by atoms with Crippen LogP contribution in [0.4, 0.5) is 0 Å². The zero-order chi connectivity index (χ0) is 25.3. The van der Waals surface area contributed by atoms with Gasteiger partial charge < -0.3 is 9.84 Å². The number of hydrogen-bond acceptors (Lipinski definition) is 4. The first-order valence-electron chi connectivity index (χ1n) is 13.8. The first kappa shape index (κ1) is 26.1. The highest BCUT2D eigenvalue weighted by Gasteiger charge is 2.56. The van der Waals surface area contributed by atoms with Crippen LogP contribution >= 0.6 is 0 Å². The summed E-state index contributed by atoms with van der Waals surface area (Å²) in [5.41, 5.74) is 1.32. The van der Waals surface area contributed by atoms with E-state index in [0.717, 1.165) is 50.5 Å². The van der Waals surface area contributed by atoms with E-state index >= 15 is 0 Å². The van der Waals surface area contributed by atoms with E-state index in [-0.39, 0.29) is 45.9 Å². The second kappa shape index (κ2) is 8.54. The van der Waals surface area contributed by atoms with Crippen molar-refractivity contribution in [1.29, 1.82) is 0 Å². The van der Waals surface area contributed by atoms with Crippen LogP contribution in [0.2, 0.25) is 0 Å². The van der Waals surface area contributed by atoms with Gasteiger partial charge in [-0.15, -0.1) is 0 Å². The van der Waals surface area contributed by atoms with Gasteiger partial charge in [0.25, 0.3) is 0 Å². The lowest BCUT2D eigenvalue weighted by Crippen LogP contribution is -2.53. The molecule has 7 atom stereocenters. The molecule has 0 unspecified atom stereocenters. The zero-order valence-corrected chi connectivity index (χ0v) is 22.9. The standard InChI is InChI=1S/C30H48O4/c1-18-9-12-26-30(8,16-14-25(33)28(5,6)34-26)20(18)10-11-21-19(2)22(31)17-23-27(3,4)24(32)13-15-29(21,23)7/h18,20,23-24,26,32H,9-17H2,1-8H3/t18-,20-,23+,24-,26+,29-,30+/m0/s1. The Labute approximate surface area is 207 Å². The lowest BCUT2D eigenvalue weighted by atomic mass is 9.48. The number of ketones is 2. The third-order valence-electron chi connectivity index (χ3n) is 11.3. The maximum absolute atomic E-state index is 13.2. The third-order valence-corrected chi connectivity index (χ3v) is 11.3. The fourth-order valence-electron chi connectivity index (χ4n) is 8.69. The molecule has 0 radical (unpaired) electrons. The lowest BCUT2D eigenvalue weighted by molar-refractivity contribution is -0.166. The normalized spacial score (nSPS) is 44.3. The number of hydrogen-bond donors (Lipinski definition) is 1. The summed E-state index contributed by atoms with van der Waals surface area (Å²) in [7, 11) is 0. The van der Waals surface area contributed by atoms with Gasteiger partial charge in [0.1, 0.15) is 5.60 Å². The zero-order valence-electron chi connectivity index (χ0n) is 22.9. The van der Waals surface area contributed by atoms with Crippen molar-refractivity contribution < 1.29 is 19.4 Å². The fraction of sp³-hybridized carbons (Fsp3) is 0.867. The summed E-state index contributed by atoms with van der Waals surface area (Å²) in [6, 6.07) is 0. The summed E-state index contributed by atoms with van der Waals surface area (Å²) in [4.78, 5) is 25.9. The maximum atomic E-state index is 13.2. The molecule has 0 aromatic heterocycles. The Kier molecular flexibility index (Phi) is 6.55. The number of aliphatic hydroxyl groups is 1. The highest BCUT2D eigenvalue weighted by Crippen LogP contribution is 2.61. The Morgan fingerprint density at radius 1 is 1.00 bits per heavy atom. The molecule has 192 valence electrons. The van der Waals surface area contributed by atoms with E-state index in [9.17, 15) is 14.7 Å². The maximum Gasteiger partial charge on any atom is 0.164 e. The molecule has 1 N–H and O–H groups in total. The minimum absolute atomic E-state index is 0.0173. The molecular weight excluding hydrogens is 424 g/mol. The molecule has 34 heavy (non-hydrogen) atoms. The van der Waals surface area contributed by atoms with E-state index in [1.807, 2.05) is 20.8 Å². The van der Waals surface area contributed by atoms with Crippen LogP contribution < -0.4 is 0 Å². The number of carbonyl (C=O) groups excluding carboxylic acids is 2. The summed E-state index contributed by atoms with van der Waals surface area (Å²) in [6.45, 7) is 17.3. The number of ether oxygens (including phenoxy) is 1. The Bertz CT molecular complexity index is 882. The molecule has 4 nitrogen and oxygen atoms in total. The molecule has 1 aliphatic heterocycles. The minimum atomic E-state index is -0.697. The van der Waals surface area contributed by atoms with E-state index < -0.39 is 5.60 Å². The van der Waals surface area contributed by atoms with Crippen LogP contribution in [0.3, 0.4) is 0 Å². The number of allylic oxidation sites excluding steroid dienone is 2. The van der Waals surface area contributed by atoms with Crippen LogP contribution in [0, 0.1) is 34.0 Å². The van der Waals surface area contributed by atoms with Crippen LogP contribution in [-0.4, -0.2) is 34.5 Å². The SMILES string of the molecule is CC1=C(CC[C@H]2[C@@H](C)CC[C@H]3OC(C)(C)C(=O)CC[C@@]32C)[C@]2(C)CC[C@H](O)C(C)(C)[C@H]2CC1=O. The van der Waals surface area contributed by atoms with Crippen molar-refractivity contribution in [3.8, 4) is 0 Å². The molecular formula is C30H48O4. The van der Waals surface area contributed by atoms with Crippen molar-refractivity contribution in [2.24, 2.45) is 34.0 Å². The molecule has 3 aliphatic carbocycles. The average molecular weight is 473 g/mol. The fourth-order valence-corrected chi connectivity index (χ4v) is 8.69. The number of rotatable bonds is 3. The van der Waals surface area contributed by atoms with Gasteiger partial charge in [-0.2, -0.15) is 0 Å². The van der Waals surface area contributed by atoms with Crippen LogP contribution in [0.1, 0.15) is 113 Å². The van der Waals surface area contributed by atoms with E-state index in [2.05, 4.69) is 34.6 Å². The summed E-state index contributed by atoms with van der Waals surface area (Å²) < 4.78 is 6.53. The van der Waals surface area contributed by atoms with Gasteiger partial charge in [0, 0.05) is 12.8 Å². The van der Waals surface area contributed by atoms with Gasteiger partial charge in [-0.25, -0.2) is 0 Å². The van der Waals surface area contributed by atoms with Crippen LogP contribution in [0.15, 0.2) is 11.1 Å². The molecule has 0 aromatic rings. The molecule has 0 bridgehead atoms. The van der Waals surface area contributed by atoms with Gasteiger partial charge >= 0.3 is 0 Å². The van der Waals surface area contributed by atoms with Crippen LogP contribution in [0.25, 0.3) is 0 Å². The number of aliphatic hydroxyl groups excluding tert-OH is 1. The topological polar surface area (TPSA) is 63.6 Å². The highest BCUT2D eigenvalue weighted by atomic mass is 16.5. The molecule has 0 aromatic carbocycles. The molecule has 0 amide bonds. The predicted molar refractivity (Wildman–Crippen MR) is 135 cm³/mol. The van der Waals surface area contributed by atoms with Gasteiger partial charge in [-0.3, -0.25) is 9.59 Å². The van der Waals surface area contributed by atoms with Crippen molar-refractivity contribution in [3.63, 3.8) is 0 Å². The van der Waals surface area contributed by atoms with Crippen LogP contribution in [-0.2, 0) is 14.3 Å². The van der Waals surface area contributed by atoms with Gasteiger partial charge in [0.2, 0.25) is 0 Å². The molecule has 4 aliphatic rings. The largest absolute Gasteiger partial charge is 0.393 e. The summed E-state index contributed by atoms with van der Waals surface area (Å²) in [6.07, 6.45) is 7.70. The third kappa shape index (κ3) is 3.95. The number of fused-ring (bicyclic) bond motifs is 2. The quantitative estimate of drug-likeness (QED) is 0.513. The average Bonchev–Trinajstić information content (AvgIpc) is 2.84. The van der Waals surface area contributed by atoms with E-state index in [1.54, 1.807) is 0 Å². The van der Waals surface area contributed by atoms with Crippen molar-refractivity contribution >= 4 is 11.6 Å². The Balaban J connectivity index is 1.63. The number of Topliss-reactive ketones (excluding diaryl/α,β-unsaturated/α-hetero) is 2. The number of carbonyl (C=O) groups is 2. The van der Waals surface area contributed by atoms with E-state index in [1.165, 1.54) is 5.57 Å². The van der Waals surface area contributed by atoms with E-state index in [0.29, 0.717) is 24.7 Å². The molecule has 4 heteroatoms. The van der Waals surface area contributed by atoms with Gasteiger partial charge in [0.05, 0.1) is 12.2 Å². The minimum Gasteiger partial charge on any atom is -0.393 e. The lowest BCUT2D eigenvalue weighted by Gasteiger charge is -2.57. The van der Waals surface area contributed by atoms with Gasteiger partial charge in [-0.1, -0.05) is 40.2 Å². The summed E-state index contributed by atoms with van der Waals surface area (Å²) >= 11 is 0. The molecule has 1 heterocycles. The summed E-state index contributed by atoms with van der Waals surface area (Å²) in [5.74, 6) is 1.72. The molecule has 4 rings (SSSR count). The van der Waals surface area contributed by atoms with Gasteiger partial charge in [-0.05, 0) is 105 Å². The smallest absolute Gasteiger partial charge is 0.164 e.